The van der Waals surface area contributed by atoms with E-state index in [0.717, 1.165) is 36.5 Å². The van der Waals surface area contributed by atoms with Crippen LogP contribution in [0.1, 0.15) is 37.9 Å². The van der Waals surface area contributed by atoms with E-state index in [1.54, 1.807) is 0 Å². The second-order valence-electron chi connectivity index (χ2n) is 4.84. The summed E-state index contributed by atoms with van der Waals surface area (Å²) in [6.45, 7) is 4.38. The van der Waals surface area contributed by atoms with Gasteiger partial charge in [-0.15, -0.1) is 0 Å². The van der Waals surface area contributed by atoms with Gasteiger partial charge < -0.3 is 5.32 Å². The largest absolute Gasteiger partial charge is 0.340 e. The van der Waals surface area contributed by atoms with Gasteiger partial charge in [-0.3, -0.25) is 0 Å². The summed E-state index contributed by atoms with van der Waals surface area (Å²) in [6.07, 6.45) is 4.46. The Balaban J connectivity index is 2.11. The van der Waals surface area contributed by atoms with Crippen LogP contribution in [-0.4, -0.2) is 4.98 Å². The Morgan fingerprint density at radius 1 is 0.947 bits per heavy atom. The predicted molar refractivity (Wildman–Crippen MR) is 82.0 cm³/mol. The number of hydrogen-bond acceptors (Lipinski definition) is 2. The standard InChI is InChI=1S/C17H22N2/c1-3-7-14-9-5-11-16(13-14)19-17-12-6-10-15(18-17)8-4-2/h5-6,9-13H,3-4,7-8H2,1-2H3,(H,18,19). The van der Waals surface area contributed by atoms with E-state index in [2.05, 4.69) is 60.5 Å². The number of rotatable bonds is 6. The molecule has 0 bridgehead atoms. The van der Waals surface area contributed by atoms with Gasteiger partial charge in [-0.25, -0.2) is 4.98 Å². The number of nitrogens with zero attached hydrogens (tertiary/aromatic N) is 1. The maximum Gasteiger partial charge on any atom is 0.130 e. The number of pyridine rings is 1. The van der Waals surface area contributed by atoms with Crippen molar-refractivity contribution in [2.24, 2.45) is 0 Å². The van der Waals surface area contributed by atoms with Crippen molar-refractivity contribution in [3.05, 3.63) is 53.7 Å². The first kappa shape index (κ1) is 13.6. The average molecular weight is 254 g/mol. The van der Waals surface area contributed by atoms with Gasteiger partial charge in [0.2, 0.25) is 0 Å². The van der Waals surface area contributed by atoms with Crippen molar-refractivity contribution in [2.75, 3.05) is 5.32 Å². The zero-order chi connectivity index (χ0) is 13.5. The fourth-order valence-electron chi connectivity index (χ4n) is 2.19. The van der Waals surface area contributed by atoms with Crippen LogP contribution in [0.3, 0.4) is 0 Å². The molecule has 0 amide bonds. The summed E-state index contributed by atoms with van der Waals surface area (Å²) in [4.78, 5) is 4.62. The van der Waals surface area contributed by atoms with Gasteiger partial charge >= 0.3 is 0 Å². The van der Waals surface area contributed by atoms with Crippen LogP contribution in [-0.2, 0) is 12.8 Å². The first-order chi connectivity index (χ1) is 9.31. The van der Waals surface area contributed by atoms with Gasteiger partial charge in [-0.1, -0.05) is 44.9 Å². The molecule has 2 aromatic rings. The summed E-state index contributed by atoms with van der Waals surface area (Å²) in [5.74, 6) is 0.930. The molecule has 0 saturated carbocycles. The van der Waals surface area contributed by atoms with Crippen molar-refractivity contribution >= 4 is 11.5 Å². The third kappa shape index (κ3) is 4.09. The van der Waals surface area contributed by atoms with Crippen molar-refractivity contribution in [3.8, 4) is 0 Å². The molecule has 0 unspecified atom stereocenters. The van der Waals surface area contributed by atoms with Gasteiger partial charge in [0.05, 0.1) is 0 Å². The Morgan fingerprint density at radius 2 is 1.74 bits per heavy atom. The van der Waals surface area contributed by atoms with Crippen molar-refractivity contribution in [1.29, 1.82) is 0 Å². The number of aryl methyl sites for hydroxylation is 2. The summed E-state index contributed by atoms with van der Waals surface area (Å²) in [5, 5.41) is 3.39. The maximum atomic E-state index is 4.62. The molecule has 0 aliphatic heterocycles. The monoisotopic (exact) mass is 254 g/mol. The van der Waals surface area contributed by atoms with E-state index in [0.29, 0.717) is 0 Å². The van der Waals surface area contributed by atoms with Crippen LogP contribution >= 0.6 is 0 Å². The van der Waals surface area contributed by atoms with Gasteiger partial charge in [-0.2, -0.15) is 0 Å². The molecule has 1 N–H and O–H groups in total. The van der Waals surface area contributed by atoms with Gasteiger partial charge in [0.15, 0.2) is 0 Å². The quantitative estimate of drug-likeness (QED) is 0.806. The number of hydrogen-bond donors (Lipinski definition) is 1. The van der Waals surface area contributed by atoms with Gasteiger partial charge in [0.25, 0.3) is 0 Å². The second-order valence-corrected chi connectivity index (χ2v) is 4.84. The fraction of sp³-hybridized carbons (Fsp3) is 0.353. The lowest BCUT2D eigenvalue weighted by Gasteiger charge is -2.08. The number of aromatic nitrogens is 1. The summed E-state index contributed by atoms with van der Waals surface area (Å²) < 4.78 is 0. The predicted octanol–water partition coefficient (Wildman–Crippen LogP) is 4.73. The minimum Gasteiger partial charge on any atom is -0.340 e. The summed E-state index contributed by atoms with van der Waals surface area (Å²) in [6, 6.07) is 14.7. The van der Waals surface area contributed by atoms with E-state index in [9.17, 15) is 0 Å². The Morgan fingerprint density at radius 3 is 2.53 bits per heavy atom. The highest BCUT2D eigenvalue weighted by Gasteiger charge is 1.99. The summed E-state index contributed by atoms with van der Waals surface area (Å²) >= 11 is 0. The molecule has 2 heteroatoms. The zero-order valence-electron chi connectivity index (χ0n) is 11.8. The molecule has 1 aromatic carbocycles. The lowest BCUT2D eigenvalue weighted by Crippen LogP contribution is -1.97. The highest BCUT2D eigenvalue weighted by Crippen LogP contribution is 2.17. The summed E-state index contributed by atoms with van der Waals surface area (Å²) in [7, 11) is 0. The molecule has 2 nitrogen and oxygen atoms in total. The molecule has 0 aliphatic rings. The first-order valence-corrected chi connectivity index (χ1v) is 7.13. The van der Waals surface area contributed by atoms with E-state index >= 15 is 0 Å². The lowest BCUT2D eigenvalue weighted by molar-refractivity contribution is 0.884. The molecule has 0 saturated heterocycles. The summed E-state index contributed by atoms with van der Waals surface area (Å²) in [5.41, 5.74) is 3.64. The smallest absolute Gasteiger partial charge is 0.130 e. The van der Waals surface area contributed by atoms with Gasteiger partial charge in [-0.05, 0) is 42.7 Å². The molecular formula is C17H22N2. The van der Waals surface area contributed by atoms with Crippen LogP contribution in [0.4, 0.5) is 11.5 Å². The van der Waals surface area contributed by atoms with Crippen LogP contribution in [0.2, 0.25) is 0 Å². The van der Waals surface area contributed by atoms with E-state index in [1.807, 2.05) is 6.07 Å². The molecule has 0 atom stereocenters. The van der Waals surface area contributed by atoms with Crippen LogP contribution in [0.25, 0.3) is 0 Å². The van der Waals surface area contributed by atoms with E-state index in [1.165, 1.54) is 12.0 Å². The third-order valence-electron chi connectivity index (χ3n) is 3.05. The number of anilines is 2. The molecule has 0 fully saturated rings. The van der Waals surface area contributed by atoms with E-state index in [-0.39, 0.29) is 0 Å². The molecule has 19 heavy (non-hydrogen) atoms. The number of nitrogens with one attached hydrogen (secondary N) is 1. The Kier molecular flexibility index (Phi) is 4.96. The number of benzene rings is 1. The van der Waals surface area contributed by atoms with Crippen LogP contribution in [0.5, 0.6) is 0 Å². The van der Waals surface area contributed by atoms with E-state index < -0.39 is 0 Å². The topological polar surface area (TPSA) is 24.9 Å². The maximum absolute atomic E-state index is 4.62. The molecule has 1 aromatic heterocycles. The molecule has 0 spiro atoms. The molecule has 0 aliphatic carbocycles. The van der Waals surface area contributed by atoms with E-state index in [4.69, 9.17) is 0 Å². The van der Waals surface area contributed by atoms with Gasteiger partial charge in [0.1, 0.15) is 5.82 Å². The van der Waals surface area contributed by atoms with Crippen molar-refractivity contribution < 1.29 is 0 Å². The molecule has 100 valence electrons. The lowest BCUT2D eigenvalue weighted by atomic mass is 10.1. The minimum atomic E-state index is 0.930. The molecule has 0 radical (unpaired) electrons. The minimum absolute atomic E-state index is 0.930. The van der Waals surface area contributed by atoms with Crippen LogP contribution < -0.4 is 5.32 Å². The second kappa shape index (κ2) is 6.93. The van der Waals surface area contributed by atoms with Crippen molar-refractivity contribution in [2.45, 2.75) is 39.5 Å². The first-order valence-electron chi connectivity index (χ1n) is 7.13. The van der Waals surface area contributed by atoms with Crippen LogP contribution in [0.15, 0.2) is 42.5 Å². The van der Waals surface area contributed by atoms with Crippen LogP contribution in [0, 0.1) is 0 Å². The highest BCUT2D eigenvalue weighted by molar-refractivity contribution is 5.57. The van der Waals surface area contributed by atoms with Gasteiger partial charge in [0, 0.05) is 11.4 Å². The zero-order valence-corrected chi connectivity index (χ0v) is 11.8. The Bertz CT molecular complexity index is 473. The molecule has 1 heterocycles. The molecular weight excluding hydrogens is 232 g/mol. The van der Waals surface area contributed by atoms with Crippen molar-refractivity contribution in [3.63, 3.8) is 0 Å². The molecule has 2 rings (SSSR count). The SMILES string of the molecule is CCCc1cccc(Nc2cccc(CCC)n2)c1. The Hall–Kier alpha value is -1.83. The third-order valence-corrected chi connectivity index (χ3v) is 3.05. The highest BCUT2D eigenvalue weighted by atomic mass is 15.0. The average Bonchev–Trinajstić information content (AvgIpc) is 2.40. The normalized spacial score (nSPS) is 10.4. The van der Waals surface area contributed by atoms with Crippen molar-refractivity contribution in [1.82, 2.24) is 4.98 Å². The fourth-order valence-corrected chi connectivity index (χ4v) is 2.19. The Labute approximate surface area is 115 Å².